The molecule has 1 saturated heterocycles. The third-order valence-electron chi connectivity index (χ3n) is 5.58. The van der Waals surface area contributed by atoms with E-state index < -0.39 is 8.07 Å². The standard InChI is InChI=1S/C22H30BrN5OSi/c1-30(2,3)10-9-29-16-28-14-18(17-11-24-15-25-12-17)20-21(19(23)13-26-22(20)28)27-7-5-4-6-8-27/h11-15H,4-10,16H2,1-3H3. The molecule has 30 heavy (non-hydrogen) atoms. The Hall–Kier alpha value is -1.77. The second-order valence-corrected chi connectivity index (χ2v) is 15.7. The van der Waals surface area contributed by atoms with Crippen molar-refractivity contribution in [1.82, 2.24) is 19.5 Å². The van der Waals surface area contributed by atoms with E-state index in [1.54, 1.807) is 6.33 Å². The minimum Gasteiger partial charge on any atom is -0.370 e. The SMILES string of the molecule is C[Si](C)(C)CCOCn1cc(-c2cncnc2)c2c(N3CCCCC3)c(Br)cnc21. The largest absolute Gasteiger partial charge is 0.370 e. The Balaban J connectivity index is 1.76. The Bertz CT molecular complexity index is 996. The number of pyridine rings is 1. The van der Waals surface area contributed by atoms with E-state index >= 15 is 0 Å². The fraction of sp³-hybridized carbons (Fsp3) is 0.500. The molecule has 160 valence electrons. The molecule has 0 spiro atoms. The van der Waals surface area contributed by atoms with Gasteiger partial charge in [-0.3, -0.25) is 0 Å². The van der Waals surface area contributed by atoms with E-state index in [9.17, 15) is 0 Å². The maximum atomic E-state index is 6.07. The van der Waals surface area contributed by atoms with Crippen LogP contribution >= 0.6 is 15.9 Å². The summed E-state index contributed by atoms with van der Waals surface area (Å²) in [5.41, 5.74) is 4.28. The van der Waals surface area contributed by atoms with Gasteiger partial charge >= 0.3 is 0 Å². The van der Waals surface area contributed by atoms with Crippen LogP contribution in [0.4, 0.5) is 5.69 Å². The van der Waals surface area contributed by atoms with Crippen LogP contribution < -0.4 is 4.90 Å². The van der Waals surface area contributed by atoms with Crippen LogP contribution in [-0.2, 0) is 11.5 Å². The van der Waals surface area contributed by atoms with Crippen molar-refractivity contribution in [3.63, 3.8) is 0 Å². The summed E-state index contributed by atoms with van der Waals surface area (Å²) in [6, 6.07) is 1.16. The molecule has 3 aromatic rings. The Morgan fingerprint density at radius 2 is 1.80 bits per heavy atom. The van der Waals surface area contributed by atoms with Gasteiger partial charge in [0, 0.05) is 63.7 Å². The maximum Gasteiger partial charge on any atom is 0.144 e. The molecule has 0 aromatic carbocycles. The molecule has 1 aliphatic heterocycles. The van der Waals surface area contributed by atoms with Gasteiger partial charge < -0.3 is 14.2 Å². The highest BCUT2D eigenvalue weighted by atomic mass is 79.9. The van der Waals surface area contributed by atoms with Gasteiger partial charge in [0.25, 0.3) is 0 Å². The molecular weight excluding hydrogens is 458 g/mol. The van der Waals surface area contributed by atoms with Crippen molar-refractivity contribution >= 4 is 40.7 Å². The third kappa shape index (κ3) is 4.76. The molecular formula is C22H30BrN5OSi. The minimum absolute atomic E-state index is 0.503. The second kappa shape index (κ2) is 9.16. The monoisotopic (exact) mass is 487 g/mol. The average molecular weight is 489 g/mol. The normalized spacial score (nSPS) is 15.1. The first-order chi connectivity index (χ1) is 14.4. The molecule has 1 fully saturated rings. The van der Waals surface area contributed by atoms with Gasteiger partial charge in [-0.1, -0.05) is 19.6 Å². The number of piperidine rings is 1. The van der Waals surface area contributed by atoms with Crippen LogP contribution in [0.2, 0.25) is 25.7 Å². The molecule has 0 atom stereocenters. The summed E-state index contributed by atoms with van der Waals surface area (Å²) in [6.45, 7) is 10.6. The molecule has 0 bridgehead atoms. The minimum atomic E-state index is -1.11. The van der Waals surface area contributed by atoms with Gasteiger partial charge in [0.2, 0.25) is 0 Å². The molecule has 6 nitrogen and oxygen atoms in total. The topological polar surface area (TPSA) is 56.1 Å². The zero-order valence-electron chi connectivity index (χ0n) is 18.1. The first-order valence-corrected chi connectivity index (χ1v) is 15.2. The lowest BCUT2D eigenvalue weighted by Crippen LogP contribution is -2.30. The summed E-state index contributed by atoms with van der Waals surface area (Å²) in [5, 5.41) is 1.15. The fourth-order valence-electron chi connectivity index (χ4n) is 3.94. The fourth-order valence-corrected chi connectivity index (χ4v) is 5.25. The summed E-state index contributed by atoms with van der Waals surface area (Å²) in [7, 11) is -1.11. The van der Waals surface area contributed by atoms with Crippen LogP contribution in [0, 0.1) is 0 Å². The van der Waals surface area contributed by atoms with Gasteiger partial charge in [0.05, 0.1) is 15.5 Å². The number of anilines is 1. The summed E-state index contributed by atoms with van der Waals surface area (Å²) >= 11 is 3.78. The first-order valence-electron chi connectivity index (χ1n) is 10.7. The lowest BCUT2D eigenvalue weighted by atomic mass is 10.1. The van der Waals surface area contributed by atoms with Crippen molar-refractivity contribution in [2.24, 2.45) is 0 Å². The highest BCUT2D eigenvalue weighted by Gasteiger charge is 2.23. The maximum absolute atomic E-state index is 6.07. The zero-order valence-corrected chi connectivity index (χ0v) is 20.7. The number of hydrogen-bond acceptors (Lipinski definition) is 5. The van der Waals surface area contributed by atoms with Gasteiger partial charge in [-0.25, -0.2) is 15.0 Å². The molecule has 0 radical (unpaired) electrons. The van der Waals surface area contributed by atoms with E-state index in [4.69, 9.17) is 9.72 Å². The molecule has 3 aromatic heterocycles. The van der Waals surface area contributed by atoms with Crippen molar-refractivity contribution in [2.75, 3.05) is 24.6 Å². The Kier molecular flexibility index (Phi) is 6.55. The summed E-state index contributed by atoms with van der Waals surface area (Å²) in [5.74, 6) is 0. The number of rotatable bonds is 7. The molecule has 0 saturated carbocycles. The first kappa shape index (κ1) is 21.5. The molecule has 1 aliphatic rings. The Labute approximate surface area is 187 Å². The smallest absolute Gasteiger partial charge is 0.144 e. The van der Waals surface area contributed by atoms with Gasteiger partial charge in [0.1, 0.15) is 18.7 Å². The van der Waals surface area contributed by atoms with Crippen molar-refractivity contribution < 1.29 is 4.74 Å². The van der Waals surface area contributed by atoms with Crippen molar-refractivity contribution in [1.29, 1.82) is 0 Å². The predicted molar refractivity (Wildman–Crippen MR) is 129 cm³/mol. The van der Waals surface area contributed by atoms with Gasteiger partial charge in [-0.05, 0) is 41.2 Å². The number of aromatic nitrogens is 4. The van der Waals surface area contributed by atoms with Crippen LogP contribution in [0.5, 0.6) is 0 Å². The van der Waals surface area contributed by atoms with Crippen LogP contribution in [0.3, 0.4) is 0 Å². The highest BCUT2D eigenvalue weighted by Crippen LogP contribution is 2.41. The van der Waals surface area contributed by atoms with Gasteiger partial charge in [0.15, 0.2) is 0 Å². The average Bonchev–Trinajstić information content (AvgIpc) is 3.10. The molecule has 0 amide bonds. The van der Waals surface area contributed by atoms with Crippen molar-refractivity contribution in [3.8, 4) is 11.1 Å². The number of nitrogens with zero attached hydrogens (tertiary/aromatic N) is 5. The number of halogens is 1. The molecule has 0 unspecified atom stereocenters. The number of hydrogen-bond donors (Lipinski definition) is 0. The number of ether oxygens (including phenoxy) is 1. The summed E-state index contributed by atoms with van der Waals surface area (Å²) < 4.78 is 9.23. The van der Waals surface area contributed by atoms with Gasteiger partial charge in [-0.2, -0.15) is 0 Å². The van der Waals surface area contributed by atoms with E-state index in [2.05, 4.69) is 61.2 Å². The third-order valence-corrected chi connectivity index (χ3v) is 7.87. The van der Waals surface area contributed by atoms with E-state index in [0.717, 1.165) is 52.4 Å². The van der Waals surface area contributed by atoms with Crippen LogP contribution in [0.1, 0.15) is 19.3 Å². The molecule has 0 aliphatic carbocycles. The lowest BCUT2D eigenvalue weighted by Gasteiger charge is -2.30. The van der Waals surface area contributed by atoms with Crippen LogP contribution in [-0.4, -0.2) is 47.3 Å². The number of fused-ring (bicyclic) bond motifs is 1. The van der Waals surface area contributed by atoms with E-state index in [0.29, 0.717) is 6.73 Å². The molecule has 0 N–H and O–H groups in total. The summed E-state index contributed by atoms with van der Waals surface area (Å²) in [4.78, 5) is 15.8. The van der Waals surface area contributed by atoms with E-state index in [1.807, 2.05) is 18.6 Å². The lowest BCUT2D eigenvalue weighted by molar-refractivity contribution is 0.0899. The predicted octanol–water partition coefficient (Wildman–Crippen LogP) is 5.56. The molecule has 4 rings (SSSR count). The van der Waals surface area contributed by atoms with Crippen LogP contribution in [0.25, 0.3) is 22.2 Å². The summed E-state index contributed by atoms with van der Waals surface area (Å²) in [6.07, 6.45) is 13.1. The van der Waals surface area contributed by atoms with Crippen LogP contribution in [0.15, 0.2) is 35.6 Å². The quantitative estimate of drug-likeness (QED) is 0.322. The van der Waals surface area contributed by atoms with Crippen molar-refractivity contribution in [2.45, 2.75) is 51.7 Å². The van der Waals surface area contributed by atoms with Gasteiger partial charge in [-0.15, -0.1) is 0 Å². The van der Waals surface area contributed by atoms with E-state index in [-0.39, 0.29) is 0 Å². The van der Waals surface area contributed by atoms with Crippen molar-refractivity contribution in [3.05, 3.63) is 35.6 Å². The Morgan fingerprint density at radius 3 is 2.50 bits per heavy atom. The second-order valence-electron chi connectivity index (χ2n) is 9.19. The van der Waals surface area contributed by atoms with E-state index in [1.165, 1.54) is 24.9 Å². The molecule has 8 heteroatoms. The Morgan fingerprint density at radius 1 is 1.07 bits per heavy atom. The molecule has 4 heterocycles. The highest BCUT2D eigenvalue weighted by molar-refractivity contribution is 9.10. The zero-order chi connectivity index (χ0) is 21.1.